The summed E-state index contributed by atoms with van der Waals surface area (Å²) < 4.78 is 1.64. The minimum atomic E-state index is 0.692. The van der Waals surface area contributed by atoms with Crippen molar-refractivity contribution in [2.45, 2.75) is 0 Å². The molecule has 0 fully saturated rings. The van der Waals surface area contributed by atoms with Crippen LogP contribution < -0.4 is 0 Å². The molecule has 0 saturated heterocycles. The summed E-state index contributed by atoms with van der Waals surface area (Å²) in [4.78, 5) is 0. The van der Waals surface area contributed by atoms with Crippen molar-refractivity contribution in [3.63, 3.8) is 0 Å². The SMILES string of the molecule is Clc1ccc(-c2nnc(Br)s2)cc1Br. The van der Waals surface area contributed by atoms with Crippen LogP contribution in [0.25, 0.3) is 10.6 Å². The van der Waals surface area contributed by atoms with Gasteiger partial charge in [0.25, 0.3) is 0 Å². The van der Waals surface area contributed by atoms with E-state index in [2.05, 4.69) is 42.1 Å². The van der Waals surface area contributed by atoms with Crippen LogP contribution in [0.1, 0.15) is 0 Å². The fourth-order valence-corrected chi connectivity index (χ4v) is 2.55. The van der Waals surface area contributed by atoms with E-state index in [1.54, 1.807) is 0 Å². The third-order valence-electron chi connectivity index (χ3n) is 1.57. The first-order valence-electron chi connectivity index (χ1n) is 3.61. The molecular weight excluding hydrogens is 351 g/mol. The van der Waals surface area contributed by atoms with Crippen LogP contribution >= 0.6 is 54.8 Å². The maximum absolute atomic E-state index is 5.88. The van der Waals surface area contributed by atoms with Gasteiger partial charge in [0, 0.05) is 10.0 Å². The summed E-state index contributed by atoms with van der Waals surface area (Å²) in [6.45, 7) is 0. The molecule has 0 amide bonds. The predicted molar refractivity (Wildman–Crippen MR) is 65.8 cm³/mol. The normalized spacial score (nSPS) is 10.5. The van der Waals surface area contributed by atoms with E-state index in [0.29, 0.717) is 5.02 Å². The quantitative estimate of drug-likeness (QED) is 0.759. The lowest BCUT2D eigenvalue weighted by atomic mass is 10.2. The Bertz CT molecular complexity index is 472. The van der Waals surface area contributed by atoms with Gasteiger partial charge in [-0.05, 0) is 44.0 Å². The number of benzene rings is 1. The van der Waals surface area contributed by atoms with Gasteiger partial charge in [-0.25, -0.2) is 0 Å². The summed E-state index contributed by atoms with van der Waals surface area (Å²) in [7, 11) is 0. The number of hydrogen-bond acceptors (Lipinski definition) is 3. The van der Waals surface area contributed by atoms with Crippen LogP contribution in [-0.4, -0.2) is 10.2 Å². The highest BCUT2D eigenvalue weighted by Crippen LogP contribution is 2.31. The largest absolute Gasteiger partial charge is 0.183 e. The molecule has 0 aliphatic carbocycles. The molecule has 0 N–H and O–H groups in total. The fourth-order valence-electron chi connectivity index (χ4n) is 0.951. The molecule has 0 aliphatic heterocycles. The molecule has 0 atom stereocenters. The second-order valence-corrected chi connectivity index (χ2v) is 6.00. The minimum absolute atomic E-state index is 0.692. The first-order chi connectivity index (χ1) is 6.66. The molecule has 1 aromatic heterocycles. The minimum Gasteiger partial charge on any atom is -0.137 e. The first kappa shape index (κ1) is 10.5. The number of hydrogen-bond donors (Lipinski definition) is 0. The molecule has 0 bridgehead atoms. The van der Waals surface area contributed by atoms with Gasteiger partial charge in [0.1, 0.15) is 5.01 Å². The van der Waals surface area contributed by atoms with Crippen molar-refractivity contribution in [2.24, 2.45) is 0 Å². The molecule has 1 heterocycles. The molecule has 72 valence electrons. The van der Waals surface area contributed by atoms with Crippen molar-refractivity contribution >= 4 is 54.8 Å². The molecule has 2 rings (SSSR count). The van der Waals surface area contributed by atoms with Crippen molar-refractivity contribution in [2.75, 3.05) is 0 Å². The summed E-state index contributed by atoms with van der Waals surface area (Å²) in [5.41, 5.74) is 1.00. The lowest BCUT2D eigenvalue weighted by Gasteiger charge is -1.98. The van der Waals surface area contributed by atoms with Gasteiger partial charge in [-0.15, -0.1) is 10.2 Å². The van der Waals surface area contributed by atoms with Crippen LogP contribution in [0.15, 0.2) is 26.6 Å². The summed E-state index contributed by atoms with van der Waals surface area (Å²) in [5.74, 6) is 0. The van der Waals surface area contributed by atoms with Crippen LogP contribution in [0.2, 0.25) is 5.02 Å². The summed E-state index contributed by atoms with van der Waals surface area (Å²) >= 11 is 14.0. The van der Waals surface area contributed by atoms with Gasteiger partial charge >= 0.3 is 0 Å². The average molecular weight is 354 g/mol. The topological polar surface area (TPSA) is 25.8 Å². The van der Waals surface area contributed by atoms with Crippen molar-refractivity contribution in [3.8, 4) is 10.6 Å². The highest BCUT2D eigenvalue weighted by Gasteiger charge is 2.06. The average Bonchev–Trinajstić information content (AvgIpc) is 2.57. The van der Waals surface area contributed by atoms with Crippen molar-refractivity contribution < 1.29 is 0 Å². The van der Waals surface area contributed by atoms with Crippen LogP contribution in [-0.2, 0) is 0 Å². The van der Waals surface area contributed by atoms with E-state index in [4.69, 9.17) is 11.6 Å². The first-order valence-corrected chi connectivity index (χ1v) is 6.39. The highest BCUT2D eigenvalue weighted by molar-refractivity contribution is 9.11. The van der Waals surface area contributed by atoms with Crippen LogP contribution in [0.3, 0.4) is 0 Å². The Morgan fingerprint density at radius 3 is 2.57 bits per heavy atom. The zero-order valence-corrected chi connectivity index (χ0v) is 11.4. The molecule has 2 aromatic rings. The van der Waals surface area contributed by atoms with Gasteiger partial charge in [-0.1, -0.05) is 29.0 Å². The van der Waals surface area contributed by atoms with Crippen LogP contribution in [0, 0.1) is 0 Å². The Morgan fingerprint density at radius 1 is 1.21 bits per heavy atom. The standard InChI is InChI=1S/C8H3Br2ClN2S/c9-5-3-4(1-2-6(5)11)7-12-13-8(10)14-7/h1-3H. The van der Waals surface area contributed by atoms with Gasteiger partial charge < -0.3 is 0 Å². The monoisotopic (exact) mass is 352 g/mol. The van der Waals surface area contributed by atoms with Crippen molar-refractivity contribution in [1.82, 2.24) is 10.2 Å². The van der Waals surface area contributed by atoms with Gasteiger partial charge in [0.15, 0.2) is 3.92 Å². The lowest BCUT2D eigenvalue weighted by molar-refractivity contribution is 1.08. The number of aromatic nitrogens is 2. The third-order valence-corrected chi connectivity index (χ3v) is 4.19. The molecule has 0 radical (unpaired) electrons. The van der Waals surface area contributed by atoms with Crippen molar-refractivity contribution in [1.29, 1.82) is 0 Å². The van der Waals surface area contributed by atoms with Gasteiger partial charge in [-0.3, -0.25) is 0 Å². The molecular formula is C8H3Br2ClN2S. The number of halogens is 3. The predicted octanol–water partition coefficient (Wildman–Crippen LogP) is 4.38. The molecule has 0 spiro atoms. The smallest absolute Gasteiger partial charge is 0.137 e. The molecule has 14 heavy (non-hydrogen) atoms. The Labute approximate surface area is 107 Å². The molecule has 2 nitrogen and oxygen atoms in total. The lowest BCUT2D eigenvalue weighted by Crippen LogP contribution is -1.77. The summed E-state index contributed by atoms with van der Waals surface area (Å²) in [6, 6.07) is 5.67. The van der Waals surface area contributed by atoms with Crippen LogP contribution in [0.4, 0.5) is 0 Å². The summed E-state index contributed by atoms with van der Waals surface area (Å²) in [5, 5.41) is 9.46. The molecule has 1 aromatic carbocycles. The van der Waals surface area contributed by atoms with Gasteiger partial charge in [0.05, 0.1) is 5.02 Å². The third kappa shape index (κ3) is 2.16. The summed E-state index contributed by atoms with van der Waals surface area (Å²) in [6.07, 6.45) is 0. The fraction of sp³-hybridized carbons (Fsp3) is 0. The Kier molecular flexibility index (Phi) is 3.21. The number of nitrogens with zero attached hydrogens (tertiary/aromatic N) is 2. The molecule has 0 unspecified atom stereocenters. The second kappa shape index (κ2) is 4.26. The van der Waals surface area contributed by atoms with E-state index in [-0.39, 0.29) is 0 Å². The maximum Gasteiger partial charge on any atom is 0.183 e. The highest BCUT2D eigenvalue weighted by atomic mass is 79.9. The molecule has 6 heteroatoms. The number of rotatable bonds is 1. The van der Waals surface area contributed by atoms with E-state index >= 15 is 0 Å². The van der Waals surface area contributed by atoms with E-state index in [1.807, 2.05) is 18.2 Å². The Morgan fingerprint density at radius 2 is 2.00 bits per heavy atom. The Balaban J connectivity index is 2.47. The maximum atomic E-state index is 5.88. The molecule has 0 aliphatic rings. The zero-order chi connectivity index (χ0) is 10.1. The van der Waals surface area contributed by atoms with E-state index in [1.165, 1.54) is 11.3 Å². The second-order valence-electron chi connectivity index (χ2n) is 2.49. The van der Waals surface area contributed by atoms with Gasteiger partial charge in [-0.2, -0.15) is 0 Å². The van der Waals surface area contributed by atoms with E-state index in [9.17, 15) is 0 Å². The van der Waals surface area contributed by atoms with Crippen molar-refractivity contribution in [3.05, 3.63) is 31.6 Å². The van der Waals surface area contributed by atoms with E-state index in [0.717, 1.165) is 19.0 Å². The van der Waals surface area contributed by atoms with Gasteiger partial charge in [0.2, 0.25) is 0 Å². The molecule has 0 saturated carbocycles. The zero-order valence-electron chi connectivity index (χ0n) is 6.67. The van der Waals surface area contributed by atoms with E-state index < -0.39 is 0 Å². The Hall–Kier alpha value is 0.0300. The van der Waals surface area contributed by atoms with Crippen LogP contribution in [0.5, 0.6) is 0 Å².